The van der Waals surface area contributed by atoms with Crippen molar-refractivity contribution in [3.8, 4) is 0 Å². The SMILES string of the molecule is COC(=O)Cc1cc(CBr)cc(Br)c1Cl. The van der Waals surface area contributed by atoms with E-state index in [9.17, 15) is 4.79 Å². The Morgan fingerprint density at radius 1 is 1.53 bits per heavy atom. The van der Waals surface area contributed by atoms with Gasteiger partial charge in [0.15, 0.2) is 0 Å². The lowest BCUT2D eigenvalue weighted by Crippen LogP contribution is -2.05. The number of carbonyl (C=O) groups is 1. The summed E-state index contributed by atoms with van der Waals surface area (Å²) in [7, 11) is 1.36. The van der Waals surface area contributed by atoms with Gasteiger partial charge in [-0.1, -0.05) is 33.6 Å². The van der Waals surface area contributed by atoms with E-state index in [1.807, 2.05) is 12.1 Å². The molecule has 0 saturated heterocycles. The summed E-state index contributed by atoms with van der Waals surface area (Å²) >= 11 is 12.8. The van der Waals surface area contributed by atoms with Crippen LogP contribution in [0.3, 0.4) is 0 Å². The number of hydrogen-bond donors (Lipinski definition) is 0. The third kappa shape index (κ3) is 3.47. The minimum Gasteiger partial charge on any atom is -0.469 e. The van der Waals surface area contributed by atoms with E-state index in [4.69, 9.17) is 11.6 Å². The van der Waals surface area contributed by atoms with Gasteiger partial charge in [-0.2, -0.15) is 0 Å². The minimum absolute atomic E-state index is 0.189. The molecule has 0 unspecified atom stereocenters. The minimum atomic E-state index is -0.296. The van der Waals surface area contributed by atoms with E-state index >= 15 is 0 Å². The molecule has 82 valence electrons. The molecule has 0 aromatic heterocycles. The monoisotopic (exact) mass is 354 g/mol. The largest absolute Gasteiger partial charge is 0.469 e. The summed E-state index contributed by atoms with van der Waals surface area (Å²) in [6.07, 6.45) is 0.189. The Balaban J connectivity index is 3.05. The number of ether oxygens (including phenoxy) is 1. The van der Waals surface area contributed by atoms with E-state index in [-0.39, 0.29) is 12.4 Å². The molecule has 15 heavy (non-hydrogen) atoms. The van der Waals surface area contributed by atoms with E-state index < -0.39 is 0 Å². The first kappa shape index (κ1) is 13.0. The fraction of sp³-hybridized carbons (Fsp3) is 0.300. The summed E-state index contributed by atoms with van der Waals surface area (Å²) in [5.74, 6) is -0.296. The lowest BCUT2D eigenvalue weighted by atomic mass is 10.1. The fourth-order valence-corrected chi connectivity index (χ4v) is 2.19. The van der Waals surface area contributed by atoms with Crippen LogP contribution in [0.5, 0.6) is 0 Å². The number of benzene rings is 1. The molecule has 2 nitrogen and oxygen atoms in total. The number of alkyl halides is 1. The zero-order chi connectivity index (χ0) is 11.4. The molecule has 1 aromatic carbocycles. The number of halogens is 3. The molecule has 0 fully saturated rings. The maximum absolute atomic E-state index is 11.1. The third-order valence-corrected chi connectivity index (χ3v) is 3.83. The Morgan fingerprint density at radius 3 is 2.73 bits per heavy atom. The Bertz CT molecular complexity index is 380. The van der Waals surface area contributed by atoms with Crippen LogP contribution in [0, 0.1) is 0 Å². The molecule has 1 rings (SSSR count). The van der Waals surface area contributed by atoms with Crippen LogP contribution in [-0.2, 0) is 21.3 Å². The maximum atomic E-state index is 11.1. The highest BCUT2D eigenvalue weighted by atomic mass is 79.9. The van der Waals surface area contributed by atoms with Crippen LogP contribution in [0.1, 0.15) is 11.1 Å². The molecule has 0 aliphatic heterocycles. The normalized spacial score (nSPS) is 10.1. The second kappa shape index (κ2) is 5.87. The highest BCUT2D eigenvalue weighted by Gasteiger charge is 2.11. The van der Waals surface area contributed by atoms with Gasteiger partial charge in [-0.3, -0.25) is 4.79 Å². The van der Waals surface area contributed by atoms with E-state index in [1.54, 1.807) is 0 Å². The fourth-order valence-electron chi connectivity index (χ4n) is 1.14. The summed E-state index contributed by atoms with van der Waals surface area (Å²) in [5.41, 5.74) is 1.83. The summed E-state index contributed by atoms with van der Waals surface area (Å²) in [5, 5.41) is 1.28. The Labute approximate surface area is 110 Å². The number of rotatable bonds is 3. The van der Waals surface area contributed by atoms with Crippen LogP contribution in [0.15, 0.2) is 16.6 Å². The average Bonchev–Trinajstić information content (AvgIpc) is 2.24. The van der Waals surface area contributed by atoms with Crippen LogP contribution >= 0.6 is 43.5 Å². The van der Waals surface area contributed by atoms with Crippen LogP contribution in [0.2, 0.25) is 5.02 Å². The van der Waals surface area contributed by atoms with Crippen molar-refractivity contribution in [2.45, 2.75) is 11.8 Å². The Kier molecular flexibility index (Phi) is 5.09. The first-order valence-corrected chi connectivity index (χ1v) is 6.47. The van der Waals surface area contributed by atoms with Crippen LogP contribution in [0.25, 0.3) is 0 Å². The highest BCUT2D eigenvalue weighted by Crippen LogP contribution is 2.29. The van der Waals surface area contributed by atoms with Crippen LogP contribution in [0.4, 0.5) is 0 Å². The maximum Gasteiger partial charge on any atom is 0.310 e. The molecule has 0 saturated carbocycles. The summed E-state index contributed by atoms with van der Waals surface area (Å²) in [4.78, 5) is 11.1. The van der Waals surface area contributed by atoms with Gasteiger partial charge in [0.2, 0.25) is 0 Å². The molecule has 5 heteroatoms. The van der Waals surface area contributed by atoms with Gasteiger partial charge in [0.1, 0.15) is 0 Å². The zero-order valence-electron chi connectivity index (χ0n) is 8.02. The first-order chi connectivity index (χ1) is 7.08. The molecular formula is C10H9Br2ClO2. The number of esters is 1. The van der Waals surface area contributed by atoms with Crippen molar-refractivity contribution >= 4 is 49.4 Å². The van der Waals surface area contributed by atoms with Gasteiger partial charge in [0.25, 0.3) is 0 Å². The van der Waals surface area contributed by atoms with Gasteiger partial charge in [-0.15, -0.1) is 0 Å². The third-order valence-electron chi connectivity index (χ3n) is 1.88. The number of carbonyl (C=O) groups excluding carboxylic acids is 1. The van der Waals surface area contributed by atoms with Crippen molar-refractivity contribution in [3.63, 3.8) is 0 Å². The van der Waals surface area contributed by atoms with Crippen molar-refractivity contribution in [3.05, 3.63) is 32.8 Å². The molecule has 0 aliphatic rings. The molecule has 0 radical (unpaired) electrons. The van der Waals surface area contributed by atoms with Crippen molar-refractivity contribution in [1.29, 1.82) is 0 Å². The highest BCUT2D eigenvalue weighted by molar-refractivity contribution is 9.10. The van der Waals surface area contributed by atoms with E-state index in [0.717, 1.165) is 20.9 Å². The van der Waals surface area contributed by atoms with Crippen LogP contribution in [-0.4, -0.2) is 13.1 Å². The van der Waals surface area contributed by atoms with Gasteiger partial charge in [0.05, 0.1) is 18.6 Å². The number of methoxy groups -OCH3 is 1. The molecule has 0 bridgehead atoms. The molecule has 0 spiro atoms. The molecule has 0 amide bonds. The standard InChI is InChI=1S/C10H9Br2ClO2/c1-15-9(14)4-7-2-6(5-11)3-8(12)10(7)13/h2-3H,4-5H2,1H3. The summed E-state index contributed by atoms with van der Waals surface area (Å²) < 4.78 is 5.39. The topological polar surface area (TPSA) is 26.3 Å². The van der Waals surface area contributed by atoms with Gasteiger partial charge in [-0.25, -0.2) is 0 Å². The lowest BCUT2D eigenvalue weighted by Gasteiger charge is -2.07. The second-order valence-electron chi connectivity index (χ2n) is 2.94. The number of hydrogen-bond acceptors (Lipinski definition) is 2. The smallest absolute Gasteiger partial charge is 0.310 e. The van der Waals surface area contributed by atoms with E-state index in [1.165, 1.54) is 7.11 Å². The quantitative estimate of drug-likeness (QED) is 0.610. The zero-order valence-corrected chi connectivity index (χ0v) is 11.9. The average molecular weight is 356 g/mol. The van der Waals surface area contributed by atoms with Gasteiger partial charge >= 0.3 is 5.97 Å². The predicted octanol–water partition coefficient (Wildman–Crippen LogP) is 3.71. The van der Waals surface area contributed by atoms with Gasteiger partial charge in [0, 0.05) is 9.80 Å². The lowest BCUT2D eigenvalue weighted by molar-refractivity contribution is -0.139. The summed E-state index contributed by atoms with van der Waals surface area (Å²) in [6, 6.07) is 3.80. The van der Waals surface area contributed by atoms with Crippen LogP contribution < -0.4 is 0 Å². The Hall–Kier alpha value is -0.0600. The van der Waals surface area contributed by atoms with Crippen molar-refractivity contribution in [2.75, 3.05) is 7.11 Å². The van der Waals surface area contributed by atoms with E-state index in [0.29, 0.717) is 5.02 Å². The van der Waals surface area contributed by atoms with Crippen molar-refractivity contribution in [1.82, 2.24) is 0 Å². The van der Waals surface area contributed by atoms with Crippen molar-refractivity contribution < 1.29 is 9.53 Å². The molecule has 0 N–H and O–H groups in total. The van der Waals surface area contributed by atoms with E-state index in [2.05, 4.69) is 36.6 Å². The first-order valence-electron chi connectivity index (χ1n) is 4.18. The summed E-state index contributed by atoms with van der Waals surface area (Å²) in [6.45, 7) is 0. The van der Waals surface area contributed by atoms with Crippen molar-refractivity contribution in [2.24, 2.45) is 0 Å². The predicted molar refractivity (Wildman–Crippen MR) is 67.5 cm³/mol. The second-order valence-corrected chi connectivity index (χ2v) is 4.73. The molecular weight excluding hydrogens is 347 g/mol. The molecule has 1 aromatic rings. The van der Waals surface area contributed by atoms with Gasteiger partial charge < -0.3 is 4.74 Å². The van der Waals surface area contributed by atoms with Gasteiger partial charge in [-0.05, 0) is 33.1 Å². The molecule has 0 atom stereocenters. The Morgan fingerprint density at radius 2 is 2.20 bits per heavy atom. The molecule has 0 aliphatic carbocycles. The molecule has 0 heterocycles.